The van der Waals surface area contributed by atoms with Crippen LogP contribution in [0.3, 0.4) is 0 Å². The van der Waals surface area contributed by atoms with Crippen molar-refractivity contribution in [1.29, 1.82) is 0 Å². The zero-order valence-electron chi connectivity index (χ0n) is 35.7. The molecule has 346 valence electrons. The van der Waals surface area contributed by atoms with Gasteiger partial charge < -0.3 is 61.9 Å². The maximum absolute atomic E-state index is 14.3. The number of aliphatic carboxylic acids is 3. The van der Waals surface area contributed by atoms with Crippen molar-refractivity contribution in [3.63, 3.8) is 0 Å². The van der Waals surface area contributed by atoms with Crippen LogP contribution in [0, 0.1) is 18.3 Å². The molecule has 0 aliphatic heterocycles. The van der Waals surface area contributed by atoms with Crippen LogP contribution in [0.15, 0.2) is 24.3 Å². The van der Waals surface area contributed by atoms with E-state index in [1.807, 2.05) is 0 Å². The van der Waals surface area contributed by atoms with Crippen LogP contribution < -0.4 is 31.9 Å². The zero-order valence-corrected chi connectivity index (χ0v) is 35.7. The number of halogens is 1. The molecule has 0 saturated heterocycles. The van der Waals surface area contributed by atoms with E-state index in [1.54, 1.807) is 65.8 Å². The van der Waals surface area contributed by atoms with Crippen LogP contribution in [-0.4, -0.2) is 129 Å². The lowest BCUT2D eigenvalue weighted by Gasteiger charge is -2.34. The van der Waals surface area contributed by atoms with Crippen LogP contribution >= 0.6 is 0 Å². The van der Waals surface area contributed by atoms with E-state index in [4.69, 9.17) is 9.76 Å². The zero-order chi connectivity index (χ0) is 47.3. The average molecular weight is 883 g/mol. The Morgan fingerprint density at radius 2 is 1.23 bits per heavy atom. The summed E-state index contributed by atoms with van der Waals surface area (Å²) in [5.41, 5.74) is 0.198. The van der Waals surface area contributed by atoms with E-state index in [2.05, 4.69) is 31.9 Å². The highest BCUT2D eigenvalue weighted by atomic mass is 19.1. The van der Waals surface area contributed by atoms with E-state index in [-0.39, 0.29) is 31.6 Å². The molecular weight excluding hydrogens is 822 g/mol. The number of aryl methyl sites for hydroxylation is 1. The summed E-state index contributed by atoms with van der Waals surface area (Å²) in [6.07, 6.45) is -5.19. The van der Waals surface area contributed by atoms with Crippen molar-refractivity contribution >= 4 is 60.7 Å². The van der Waals surface area contributed by atoms with Gasteiger partial charge in [0.1, 0.15) is 36.4 Å². The van der Waals surface area contributed by atoms with Crippen molar-refractivity contribution < 1.29 is 77.6 Å². The third-order valence-electron chi connectivity index (χ3n) is 9.14. The Hall–Kier alpha value is -5.68. The van der Waals surface area contributed by atoms with Gasteiger partial charge in [0, 0.05) is 19.3 Å². The van der Waals surface area contributed by atoms with Gasteiger partial charge >= 0.3 is 25.2 Å². The maximum Gasteiger partial charge on any atom is 0.635 e. The van der Waals surface area contributed by atoms with Gasteiger partial charge in [-0.05, 0) is 55.1 Å². The Balaban J connectivity index is 3.56. The van der Waals surface area contributed by atoms with E-state index >= 15 is 0 Å². The fourth-order valence-corrected chi connectivity index (χ4v) is 5.94. The van der Waals surface area contributed by atoms with E-state index < -0.39 is 141 Å². The topological polar surface area (TPSA) is 336 Å². The summed E-state index contributed by atoms with van der Waals surface area (Å²) in [7, 11) is -2.30. The molecule has 62 heavy (non-hydrogen) atoms. The van der Waals surface area contributed by atoms with Gasteiger partial charge in [-0.15, -0.1) is 0 Å². The maximum atomic E-state index is 14.3. The molecule has 0 saturated carbocycles. The standard InChI is InChI=1S/C39H60BFN6O15/c1-21(2)18-25(36(57)46-29(12-9-17-41)62-40(60)61)45-38(59)33(39(4,5)6)47-37(58)26(19-23-11-8-7-10-22(23)3)44-34(55)24(13-15-30(49)50)43-35(56)27(20-32(53)54)42-28(48)14-16-31(51)52/h7-8,10-11,21,24-27,29,33,60-61H,9,12-20H2,1-6H3,(H,42,48)(H,43,56)(H,44,55)(H,45,59)(H,46,57)(H,47,58)(H,49,50)(H,51,52)(H,53,54)/t24-,25-,26-,27-,29?,33+/m0/s1. The van der Waals surface area contributed by atoms with Crippen LogP contribution in [0.5, 0.6) is 0 Å². The van der Waals surface area contributed by atoms with E-state index in [1.165, 1.54) is 0 Å². The summed E-state index contributed by atoms with van der Waals surface area (Å²) >= 11 is 0. The molecule has 0 radical (unpaired) electrons. The predicted octanol–water partition coefficient (Wildman–Crippen LogP) is -0.564. The second-order valence-corrected chi connectivity index (χ2v) is 16.1. The van der Waals surface area contributed by atoms with Gasteiger partial charge in [-0.3, -0.25) is 47.5 Å². The van der Waals surface area contributed by atoms with Crippen LogP contribution in [-0.2, 0) is 54.2 Å². The number of hydrogen-bond donors (Lipinski definition) is 11. The number of nitrogens with one attached hydrogen (secondary N) is 6. The molecule has 1 unspecified atom stereocenters. The van der Waals surface area contributed by atoms with Crippen molar-refractivity contribution in [1.82, 2.24) is 31.9 Å². The highest BCUT2D eigenvalue weighted by molar-refractivity contribution is 6.32. The van der Waals surface area contributed by atoms with E-state index in [0.29, 0.717) is 11.1 Å². The van der Waals surface area contributed by atoms with Gasteiger partial charge in [0.15, 0.2) is 0 Å². The summed E-state index contributed by atoms with van der Waals surface area (Å²) in [4.78, 5) is 115. The average Bonchev–Trinajstić information content (AvgIpc) is 3.15. The Kier molecular flexibility index (Phi) is 23.3. The third-order valence-corrected chi connectivity index (χ3v) is 9.14. The molecule has 0 aliphatic carbocycles. The highest BCUT2D eigenvalue weighted by Gasteiger charge is 2.38. The van der Waals surface area contributed by atoms with Gasteiger partial charge in [0.05, 0.1) is 19.5 Å². The fourth-order valence-electron chi connectivity index (χ4n) is 5.94. The summed E-state index contributed by atoms with van der Waals surface area (Å²) in [5.74, 6) is -10.3. The molecule has 0 aliphatic rings. The minimum Gasteiger partial charge on any atom is -0.481 e. The number of carbonyl (C=O) groups excluding carboxylic acids is 6. The molecular formula is C39H60BFN6O15. The predicted molar refractivity (Wildman–Crippen MR) is 218 cm³/mol. The Morgan fingerprint density at radius 1 is 0.677 bits per heavy atom. The van der Waals surface area contributed by atoms with Crippen molar-refractivity contribution in [2.45, 2.75) is 136 Å². The van der Waals surface area contributed by atoms with Crippen molar-refractivity contribution in [2.24, 2.45) is 11.3 Å². The second-order valence-electron chi connectivity index (χ2n) is 16.1. The number of rotatable bonds is 28. The summed E-state index contributed by atoms with van der Waals surface area (Å²) in [5, 5.41) is 60.8. The summed E-state index contributed by atoms with van der Waals surface area (Å²) in [6.45, 7) is 9.30. The minimum absolute atomic E-state index is 0.0641. The quantitative estimate of drug-likeness (QED) is 0.0371. The lowest BCUT2D eigenvalue weighted by atomic mass is 9.85. The molecule has 11 N–H and O–H groups in total. The Labute approximate surface area is 358 Å². The first kappa shape index (κ1) is 54.3. The highest BCUT2D eigenvalue weighted by Crippen LogP contribution is 2.21. The normalized spacial score (nSPS) is 14.2. The number of carboxylic acid groups (broad SMARTS) is 3. The van der Waals surface area contributed by atoms with Gasteiger partial charge in [-0.25, -0.2) is 0 Å². The number of amides is 6. The van der Waals surface area contributed by atoms with E-state index in [9.17, 15) is 67.8 Å². The summed E-state index contributed by atoms with van der Waals surface area (Å²) < 4.78 is 17.8. The lowest BCUT2D eigenvalue weighted by Crippen LogP contribution is -2.62. The molecule has 0 spiro atoms. The second kappa shape index (κ2) is 26.6. The number of carboxylic acids is 3. The number of alkyl halides is 1. The van der Waals surface area contributed by atoms with Gasteiger partial charge in [-0.2, -0.15) is 0 Å². The van der Waals surface area contributed by atoms with E-state index in [0.717, 1.165) is 0 Å². The van der Waals surface area contributed by atoms with Crippen LogP contribution in [0.4, 0.5) is 4.39 Å². The molecule has 0 bridgehead atoms. The molecule has 1 rings (SSSR count). The number of hydrogen-bond acceptors (Lipinski definition) is 12. The first-order valence-electron chi connectivity index (χ1n) is 19.9. The van der Waals surface area contributed by atoms with Crippen molar-refractivity contribution in [3.8, 4) is 0 Å². The SMILES string of the molecule is Cc1ccccc1C[C@H](NC(=O)[C@H](CCC(=O)O)NC(=O)[C@H](CC(=O)O)NC(=O)CCC(=O)O)C(=O)N[C@H](C(=O)N[C@@H](CC(C)C)C(=O)NC(CCCF)OB(O)O)C(C)(C)C. The first-order valence-corrected chi connectivity index (χ1v) is 19.9. The van der Waals surface area contributed by atoms with Crippen LogP contribution in [0.1, 0.15) is 97.1 Å². The largest absolute Gasteiger partial charge is 0.635 e. The Bertz CT molecular complexity index is 1730. The van der Waals surface area contributed by atoms with Gasteiger partial charge in [0.25, 0.3) is 0 Å². The monoisotopic (exact) mass is 882 g/mol. The molecule has 23 heteroatoms. The number of carbonyl (C=O) groups is 9. The molecule has 0 fully saturated rings. The molecule has 21 nitrogen and oxygen atoms in total. The minimum atomic E-state index is -2.30. The fraction of sp³-hybridized carbons (Fsp3) is 0.615. The van der Waals surface area contributed by atoms with Crippen molar-refractivity contribution in [3.05, 3.63) is 35.4 Å². The molecule has 6 amide bonds. The molecule has 1 aromatic carbocycles. The smallest absolute Gasteiger partial charge is 0.481 e. The molecule has 0 heterocycles. The molecule has 6 atom stereocenters. The number of benzene rings is 1. The van der Waals surface area contributed by atoms with Crippen LogP contribution in [0.2, 0.25) is 0 Å². The first-order chi connectivity index (χ1) is 28.8. The lowest BCUT2D eigenvalue weighted by molar-refractivity contribution is -0.142. The van der Waals surface area contributed by atoms with Crippen molar-refractivity contribution in [2.75, 3.05) is 6.67 Å². The van der Waals surface area contributed by atoms with Crippen LogP contribution in [0.25, 0.3) is 0 Å². The summed E-state index contributed by atoms with van der Waals surface area (Å²) in [6, 6.07) is -0.912. The molecule has 1 aromatic rings. The Morgan fingerprint density at radius 3 is 1.76 bits per heavy atom. The molecule has 0 aromatic heterocycles. The van der Waals surface area contributed by atoms with Gasteiger partial charge in [0.2, 0.25) is 35.4 Å². The third kappa shape index (κ3) is 21.2. The van der Waals surface area contributed by atoms with Gasteiger partial charge in [-0.1, -0.05) is 58.9 Å².